The minimum absolute atomic E-state index is 0.306. The lowest BCUT2D eigenvalue weighted by Crippen LogP contribution is -2.02. The molecule has 0 rings (SSSR count). The quantitative estimate of drug-likeness (QED) is 0.154. The lowest BCUT2D eigenvalue weighted by Gasteiger charge is -1.63. The second-order valence-electron chi connectivity index (χ2n) is 0.283. The van der Waals surface area contributed by atoms with Crippen LogP contribution in [0.5, 0.6) is 0 Å². The van der Waals surface area contributed by atoms with Gasteiger partial charge >= 0.3 is 0 Å². The van der Waals surface area contributed by atoms with Gasteiger partial charge in [-0.15, -0.1) is 0 Å². The van der Waals surface area contributed by atoms with E-state index < -0.39 is 0 Å². The summed E-state index contributed by atoms with van der Waals surface area (Å²) in [6.45, 7) is 0. The fourth-order valence-corrected chi connectivity index (χ4v) is 0. The van der Waals surface area contributed by atoms with Crippen molar-refractivity contribution in [3.05, 3.63) is 0 Å². The Balaban J connectivity index is 0. The first-order valence-electron chi connectivity index (χ1n) is 0.985. The third-order valence-corrected chi connectivity index (χ3v) is 0. The van der Waals surface area contributed by atoms with Gasteiger partial charge in [0.2, 0.25) is 4.38 Å². The van der Waals surface area contributed by atoms with Crippen LogP contribution in [0.25, 0.3) is 0 Å². The van der Waals surface area contributed by atoms with Crippen molar-refractivity contribution in [1.29, 1.82) is 0 Å². The molecule has 0 bridgehead atoms. The Kier molecular flexibility index (Phi) is 14.1. The van der Waals surface area contributed by atoms with Gasteiger partial charge in [0.1, 0.15) is 0 Å². The maximum Gasteiger partial charge on any atom is 0.214 e. The minimum atomic E-state index is -0.306. The fourth-order valence-electron chi connectivity index (χ4n) is 0. The number of nitrogens with two attached hydrogens (primary N) is 2. The van der Waals surface area contributed by atoms with Gasteiger partial charge in [-0.2, -0.15) is 0 Å². The topological polar surface area (TPSA) is 72.3 Å². The smallest absolute Gasteiger partial charge is 0.214 e. The lowest BCUT2D eigenvalue weighted by atomic mass is 11.7. The van der Waals surface area contributed by atoms with Crippen molar-refractivity contribution in [2.24, 2.45) is 11.7 Å². The molecule has 0 aromatic heterocycles. The summed E-state index contributed by atoms with van der Waals surface area (Å²) >= 11 is 7.21. The van der Waals surface area contributed by atoms with Gasteiger partial charge in [0, 0.05) is 0 Å². The summed E-state index contributed by atoms with van der Waals surface area (Å²) in [4.78, 5) is 0. The molecule has 0 aromatic rings. The summed E-state index contributed by atoms with van der Waals surface area (Å²) in [5, 5.41) is 7.65. The lowest BCUT2D eigenvalue weighted by molar-refractivity contribution is 0.586. The molecule has 0 spiro atoms. The summed E-state index contributed by atoms with van der Waals surface area (Å²) in [5.41, 5.74) is 0. The molecule has 0 atom stereocenters. The normalized spacial score (nSPS) is 5.17. The van der Waals surface area contributed by atoms with Crippen LogP contribution in [0.15, 0.2) is 0 Å². The van der Waals surface area contributed by atoms with Crippen molar-refractivity contribution in [2.75, 3.05) is 0 Å². The molecular formula is CH6N2OS2. The van der Waals surface area contributed by atoms with Crippen molar-refractivity contribution in [3.8, 4) is 0 Å². The molecule has 3 nitrogen and oxygen atoms in total. The van der Waals surface area contributed by atoms with Crippen molar-refractivity contribution < 1.29 is 5.11 Å². The SMILES string of the molecule is NN.OC(=S)S. The Bertz CT molecular complexity index is 34.5. The van der Waals surface area contributed by atoms with Crippen LogP contribution in [0.4, 0.5) is 0 Å². The summed E-state index contributed by atoms with van der Waals surface area (Å²) in [7, 11) is 0. The molecule has 0 saturated heterocycles. The number of aliphatic hydroxyl groups excluding tert-OH is 1. The van der Waals surface area contributed by atoms with Crippen LogP contribution in [-0.4, -0.2) is 9.49 Å². The molecule has 0 aliphatic carbocycles. The first kappa shape index (κ1) is 9.48. The summed E-state index contributed by atoms with van der Waals surface area (Å²) < 4.78 is -0.306. The van der Waals surface area contributed by atoms with Crippen LogP contribution in [0.3, 0.4) is 0 Å². The van der Waals surface area contributed by atoms with Crippen LogP contribution in [0.1, 0.15) is 0 Å². The van der Waals surface area contributed by atoms with E-state index in [9.17, 15) is 0 Å². The number of hydrogen-bond acceptors (Lipinski definition) is 3. The first-order chi connectivity index (χ1) is 2.73. The zero-order valence-corrected chi connectivity index (χ0v) is 4.67. The van der Waals surface area contributed by atoms with Gasteiger partial charge in [-0.05, 0) is 12.2 Å². The monoisotopic (exact) mass is 126 g/mol. The fraction of sp³-hybridized carbons (Fsp3) is 0. The molecule has 6 heavy (non-hydrogen) atoms. The zero-order chi connectivity index (χ0) is 5.58. The van der Waals surface area contributed by atoms with E-state index >= 15 is 0 Å². The molecule has 5 N–H and O–H groups in total. The van der Waals surface area contributed by atoms with Gasteiger partial charge in [-0.3, -0.25) is 11.7 Å². The molecule has 0 amide bonds. The molecular weight excluding hydrogens is 120 g/mol. The second kappa shape index (κ2) is 8.94. The molecule has 0 unspecified atom stereocenters. The number of rotatable bonds is 0. The number of hydrazine groups is 1. The highest BCUT2D eigenvalue weighted by atomic mass is 32.1. The molecule has 0 aliphatic rings. The van der Waals surface area contributed by atoms with Gasteiger partial charge < -0.3 is 5.11 Å². The highest BCUT2D eigenvalue weighted by Gasteiger charge is 1.59. The first-order valence-corrected chi connectivity index (χ1v) is 1.84. The van der Waals surface area contributed by atoms with Crippen molar-refractivity contribution in [2.45, 2.75) is 0 Å². The maximum atomic E-state index is 7.65. The molecule has 0 heterocycles. The average molecular weight is 126 g/mol. The zero-order valence-electron chi connectivity index (χ0n) is 2.96. The van der Waals surface area contributed by atoms with E-state index in [1.807, 2.05) is 0 Å². The van der Waals surface area contributed by atoms with Crippen molar-refractivity contribution >= 4 is 29.2 Å². The molecule has 0 fully saturated rings. The Morgan fingerprint density at radius 2 is 1.67 bits per heavy atom. The largest absolute Gasteiger partial charge is 0.494 e. The molecule has 0 aliphatic heterocycles. The number of thiocarbonyl (C=S) groups is 1. The third kappa shape index (κ3) is 1620. The summed E-state index contributed by atoms with van der Waals surface area (Å²) in [6.07, 6.45) is 0. The minimum Gasteiger partial charge on any atom is -0.494 e. The average Bonchev–Trinajstić information content (AvgIpc) is 1.41. The van der Waals surface area contributed by atoms with Crippen molar-refractivity contribution in [3.63, 3.8) is 0 Å². The Hall–Kier alpha value is 0.160. The molecule has 0 radical (unpaired) electrons. The van der Waals surface area contributed by atoms with Crippen LogP contribution in [0.2, 0.25) is 0 Å². The van der Waals surface area contributed by atoms with Crippen LogP contribution >= 0.6 is 24.8 Å². The highest BCUT2D eigenvalue weighted by Crippen LogP contribution is 1.68. The van der Waals surface area contributed by atoms with E-state index in [0.29, 0.717) is 0 Å². The van der Waals surface area contributed by atoms with Gasteiger partial charge in [-0.25, -0.2) is 0 Å². The highest BCUT2D eigenvalue weighted by molar-refractivity contribution is 8.10. The van der Waals surface area contributed by atoms with E-state index in [1.165, 1.54) is 0 Å². The number of aliphatic hydroxyl groups is 1. The molecule has 0 saturated carbocycles. The van der Waals surface area contributed by atoms with E-state index in [4.69, 9.17) is 5.11 Å². The molecule has 38 valence electrons. The van der Waals surface area contributed by atoms with E-state index in [0.717, 1.165) is 0 Å². The number of hydrogen-bond donors (Lipinski definition) is 4. The standard InChI is InChI=1S/CH2OS2.H4N2/c2-1(3)4;1-2/h(H2,2,3,4);1-2H2. The van der Waals surface area contributed by atoms with Crippen LogP contribution in [0, 0.1) is 0 Å². The van der Waals surface area contributed by atoms with Gasteiger partial charge in [0.25, 0.3) is 0 Å². The van der Waals surface area contributed by atoms with E-state index in [1.54, 1.807) is 0 Å². The van der Waals surface area contributed by atoms with Crippen LogP contribution < -0.4 is 11.7 Å². The predicted molar refractivity (Wildman–Crippen MR) is 32.6 cm³/mol. The molecule has 0 aromatic carbocycles. The van der Waals surface area contributed by atoms with E-state index in [2.05, 4.69) is 36.5 Å². The Labute approximate surface area is 46.7 Å². The van der Waals surface area contributed by atoms with Gasteiger partial charge in [0.15, 0.2) is 0 Å². The van der Waals surface area contributed by atoms with E-state index in [-0.39, 0.29) is 4.38 Å². The summed E-state index contributed by atoms with van der Waals surface area (Å²) in [5.74, 6) is 8.00. The third-order valence-electron chi connectivity index (χ3n) is 0. The van der Waals surface area contributed by atoms with Gasteiger partial charge in [-0.1, -0.05) is 12.6 Å². The Morgan fingerprint density at radius 1 is 1.67 bits per heavy atom. The predicted octanol–water partition coefficient (Wildman–Crippen LogP) is -0.422. The van der Waals surface area contributed by atoms with Gasteiger partial charge in [0.05, 0.1) is 0 Å². The second-order valence-corrected chi connectivity index (χ2v) is 1.40. The van der Waals surface area contributed by atoms with Crippen LogP contribution in [-0.2, 0) is 0 Å². The molecule has 5 heteroatoms. The number of thiol groups is 1. The van der Waals surface area contributed by atoms with Crippen molar-refractivity contribution in [1.82, 2.24) is 0 Å². The summed E-state index contributed by atoms with van der Waals surface area (Å²) in [6, 6.07) is 0. The Morgan fingerprint density at radius 3 is 1.67 bits per heavy atom. The maximum absolute atomic E-state index is 7.65.